The molecule has 1 fully saturated rings. The molecule has 5 N–H and O–H groups in total. The number of carbonyl (C=O) groups excluding carboxylic acids is 2. The molecule has 10 heteroatoms. The molecule has 2 heterocycles. The van der Waals surface area contributed by atoms with Gasteiger partial charge in [-0.3, -0.25) is 14.5 Å². The van der Waals surface area contributed by atoms with Gasteiger partial charge < -0.3 is 21.5 Å². The maximum Gasteiger partial charge on any atom is 0.243 e. The number of pyridine rings is 1. The fraction of sp³-hybridized carbons (Fsp3) is 0.381. The molecule has 0 aliphatic carbocycles. The Morgan fingerprint density at radius 3 is 2.61 bits per heavy atom. The number of rotatable bonds is 7. The number of likely N-dealkylation sites (tertiary alicyclic amines) is 1. The molecule has 3 rings (SSSR count). The predicted octanol–water partition coefficient (Wildman–Crippen LogP) is 0.351. The van der Waals surface area contributed by atoms with Crippen LogP contribution in [0.3, 0.4) is 0 Å². The van der Waals surface area contributed by atoms with Crippen molar-refractivity contribution in [2.45, 2.75) is 37.6 Å². The highest BCUT2D eigenvalue weighted by atomic mass is 19.2. The van der Waals surface area contributed by atoms with E-state index in [9.17, 15) is 23.5 Å². The van der Waals surface area contributed by atoms with Crippen molar-refractivity contribution in [3.8, 4) is 0 Å². The summed E-state index contributed by atoms with van der Waals surface area (Å²) in [6.07, 6.45) is 1.11. The summed E-state index contributed by atoms with van der Waals surface area (Å²) in [5, 5.41) is 15.2. The van der Waals surface area contributed by atoms with Gasteiger partial charge in [0.1, 0.15) is 11.9 Å². The van der Waals surface area contributed by atoms with Crippen LogP contribution in [-0.4, -0.2) is 58.6 Å². The zero-order valence-electron chi connectivity index (χ0n) is 17.0. The minimum Gasteiger partial charge on any atom is -0.392 e. The van der Waals surface area contributed by atoms with Gasteiger partial charge in [0.25, 0.3) is 0 Å². The number of nitrogens with two attached hydrogens (primary N) is 1. The topological polar surface area (TPSA) is 121 Å². The first-order chi connectivity index (χ1) is 14.7. The van der Waals surface area contributed by atoms with Crippen LogP contribution in [0.1, 0.15) is 17.5 Å². The maximum absolute atomic E-state index is 13.6. The molecule has 1 aliphatic heterocycles. The van der Waals surface area contributed by atoms with Crippen LogP contribution >= 0.6 is 0 Å². The highest BCUT2D eigenvalue weighted by Gasteiger charge is 2.35. The SMILES string of the molecule is CN1C[C@H](O)C[C@@H]1C(=O)N[C@@H](Cc1ccc(F)c(F)c1)C(=O)NCc1ccc(N)nc1. The Hall–Kier alpha value is -3.11. The number of nitrogens with zero attached hydrogens (tertiary/aromatic N) is 2. The molecular formula is C21H25F2N5O3. The first kappa shape index (κ1) is 22.6. The largest absolute Gasteiger partial charge is 0.392 e. The van der Waals surface area contributed by atoms with Gasteiger partial charge in [-0.15, -0.1) is 0 Å². The number of aliphatic hydroxyl groups excluding tert-OH is 1. The quantitative estimate of drug-likeness (QED) is 0.500. The van der Waals surface area contributed by atoms with Gasteiger partial charge in [0.15, 0.2) is 11.6 Å². The monoisotopic (exact) mass is 433 g/mol. The number of carbonyl (C=O) groups is 2. The van der Waals surface area contributed by atoms with E-state index in [1.54, 1.807) is 24.1 Å². The molecule has 166 valence electrons. The fourth-order valence-corrected chi connectivity index (χ4v) is 3.51. The fourth-order valence-electron chi connectivity index (χ4n) is 3.51. The minimum absolute atomic E-state index is 0.0340. The van der Waals surface area contributed by atoms with E-state index in [0.29, 0.717) is 23.5 Å². The Morgan fingerprint density at radius 1 is 1.26 bits per heavy atom. The molecule has 1 saturated heterocycles. The third kappa shape index (κ3) is 5.96. The summed E-state index contributed by atoms with van der Waals surface area (Å²) in [6.45, 7) is 0.501. The lowest BCUT2D eigenvalue weighted by Crippen LogP contribution is -2.52. The number of aliphatic hydroxyl groups is 1. The van der Waals surface area contributed by atoms with Crippen molar-refractivity contribution in [2.24, 2.45) is 0 Å². The van der Waals surface area contributed by atoms with Crippen LogP contribution in [0.25, 0.3) is 0 Å². The van der Waals surface area contributed by atoms with Gasteiger partial charge in [0.05, 0.1) is 12.1 Å². The molecule has 31 heavy (non-hydrogen) atoms. The van der Waals surface area contributed by atoms with Gasteiger partial charge in [-0.2, -0.15) is 0 Å². The Kier molecular flexibility index (Phi) is 7.13. The number of anilines is 1. The Morgan fingerprint density at radius 2 is 2.00 bits per heavy atom. The molecular weight excluding hydrogens is 408 g/mol. The first-order valence-electron chi connectivity index (χ1n) is 9.83. The molecule has 0 bridgehead atoms. The van der Waals surface area contributed by atoms with Crippen LogP contribution in [0.5, 0.6) is 0 Å². The Labute approximate surface area is 178 Å². The second kappa shape index (κ2) is 9.80. The summed E-state index contributed by atoms with van der Waals surface area (Å²) in [5.41, 5.74) is 6.61. The number of β-amino-alcohol motifs (C(OH)–C–C–N with tert-alkyl or cyclic N) is 1. The lowest BCUT2D eigenvalue weighted by atomic mass is 10.0. The van der Waals surface area contributed by atoms with Crippen molar-refractivity contribution in [1.29, 1.82) is 0 Å². The molecule has 0 radical (unpaired) electrons. The summed E-state index contributed by atoms with van der Waals surface area (Å²) < 4.78 is 26.9. The van der Waals surface area contributed by atoms with Crippen LogP contribution in [-0.2, 0) is 22.6 Å². The predicted molar refractivity (Wildman–Crippen MR) is 110 cm³/mol. The number of nitrogen functional groups attached to an aromatic ring is 1. The van der Waals surface area contributed by atoms with E-state index in [2.05, 4.69) is 15.6 Å². The summed E-state index contributed by atoms with van der Waals surface area (Å²) in [6, 6.07) is 5.03. The zero-order chi connectivity index (χ0) is 22.5. The zero-order valence-corrected chi connectivity index (χ0v) is 17.0. The Bertz CT molecular complexity index is 941. The number of benzene rings is 1. The van der Waals surface area contributed by atoms with Gasteiger partial charge in [-0.25, -0.2) is 13.8 Å². The molecule has 2 aromatic rings. The number of hydrogen-bond acceptors (Lipinski definition) is 6. The van der Waals surface area contributed by atoms with E-state index in [4.69, 9.17) is 5.73 Å². The number of hydrogen-bond donors (Lipinski definition) is 4. The van der Waals surface area contributed by atoms with Crippen LogP contribution in [0, 0.1) is 11.6 Å². The lowest BCUT2D eigenvalue weighted by Gasteiger charge is -2.23. The lowest BCUT2D eigenvalue weighted by molar-refractivity contribution is -0.131. The van der Waals surface area contributed by atoms with Crippen molar-refractivity contribution in [3.05, 3.63) is 59.3 Å². The minimum atomic E-state index is -1.03. The number of nitrogens with one attached hydrogen (secondary N) is 2. The smallest absolute Gasteiger partial charge is 0.243 e. The average molecular weight is 433 g/mol. The van der Waals surface area contributed by atoms with E-state index in [0.717, 1.165) is 12.1 Å². The van der Waals surface area contributed by atoms with Crippen molar-refractivity contribution in [1.82, 2.24) is 20.5 Å². The van der Waals surface area contributed by atoms with Crippen molar-refractivity contribution < 1.29 is 23.5 Å². The van der Waals surface area contributed by atoms with Crippen molar-refractivity contribution in [2.75, 3.05) is 19.3 Å². The molecule has 1 aliphatic rings. The van der Waals surface area contributed by atoms with E-state index in [1.807, 2.05) is 0 Å². The van der Waals surface area contributed by atoms with Crippen LogP contribution in [0.4, 0.5) is 14.6 Å². The summed E-state index contributed by atoms with van der Waals surface area (Å²) in [4.78, 5) is 31.2. The molecule has 1 aromatic heterocycles. The van der Waals surface area contributed by atoms with E-state index < -0.39 is 41.6 Å². The highest BCUT2D eigenvalue weighted by Crippen LogP contribution is 2.17. The molecule has 0 unspecified atom stereocenters. The Balaban J connectivity index is 1.72. The van der Waals surface area contributed by atoms with Crippen molar-refractivity contribution >= 4 is 17.6 Å². The maximum atomic E-state index is 13.6. The third-order valence-electron chi connectivity index (χ3n) is 5.20. The average Bonchev–Trinajstić information content (AvgIpc) is 3.07. The van der Waals surface area contributed by atoms with Gasteiger partial charge >= 0.3 is 0 Å². The van der Waals surface area contributed by atoms with E-state index in [1.165, 1.54) is 12.3 Å². The summed E-state index contributed by atoms with van der Waals surface area (Å²) in [5.74, 6) is -2.59. The van der Waals surface area contributed by atoms with Gasteiger partial charge in [0.2, 0.25) is 11.8 Å². The van der Waals surface area contributed by atoms with Crippen LogP contribution in [0.2, 0.25) is 0 Å². The van der Waals surface area contributed by atoms with Gasteiger partial charge in [0, 0.05) is 25.7 Å². The molecule has 2 amide bonds. The van der Waals surface area contributed by atoms with Crippen molar-refractivity contribution in [3.63, 3.8) is 0 Å². The number of aromatic nitrogens is 1. The second-order valence-corrected chi connectivity index (χ2v) is 7.67. The molecule has 0 saturated carbocycles. The standard InChI is InChI=1S/C21H25F2N5O3/c1-28-11-14(29)8-18(28)21(31)27-17(7-12-2-4-15(22)16(23)6-12)20(30)26-10-13-3-5-19(24)25-9-13/h2-6,9,14,17-18,29H,7-8,10-11H2,1H3,(H2,24,25)(H,26,30)(H,27,31)/t14-,17+,18-/m1/s1. The molecule has 3 atom stereocenters. The van der Waals surface area contributed by atoms with Crippen LogP contribution in [0.15, 0.2) is 36.5 Å². The highest BCUT2D eigenvalue weighted by molar-refractivity contribution is 5.90. The number of likely N-dealkylation sites (N-methyl/N-ethyl adjacent to an activating group) is 1. The molecule has 8 nitrogen and oxygen atoms in total. The number of amides is 2. The molecule has 0 spiro atoms. The summed E-state index contributed by atoms with van der Waals surface area (Å²) in [7, 11) is 1.71. The first-order valence-corrected chi connectivity index (χ1v) is 9.83. The summed E-state index contributed by atoms with van der Waals surface area (Å²) >= 11 is 0. The van der Waals surface area contributed by atoms with E-state index >= 15 is 0 Å². The molecule has 1 aromatic carbocycles. The van der Waals surface area contributed by atoms with Gasteiger partial charge in [-0.1, -0.05) is 12.1 Å². The number of halogens is 2. The second-order valence-electron chi connectivity index (χ2n) is 7.67. The van der Waals surface area contributed by atoms with Crippen LogP contribution < -0.4 is 16.4 Å². The van der Waals surface area contributed by atoms with E-state index in [-0.39, 0.29) is 19.4 Å². The third-order valence-corrected chi connectivity index (χ3v) is 5.20. The normalized spacial score (nSPS) is 19.7. The van der Waals surface area contributed by atoms with Gasteiger partial charge in [-0.05, 0) is 42.8 Å².